The number of aliphatic hydroxyl groups excluding tert-OH is 1. The third kappa shape index (κ3) is 7.48. The van der Waals surface area contributed by atoms with Gasteiger partial charge in [0.25, 0.3) is 5.91 Å². The Bertz CT molecular complexity index is 1530. The highest BCUT2D eigenvalue weighted by atomic mass is 16.5. The summed E-state index contributed by atoms with van der Waals surface area (Å²) in [5, 5.41) is 18.6. The molecular weight excluding hydrogens is 574 g/mol. The van der Waals surface area contributed by atoms with Gasteiger partial charge in [0.1, 0.15) is 11.4 Å². The van der Waals surface area contributed by atoms with E-state index in [1.165, 1.54) is 18.4 Å². The van der Waals surface area contributed by atoms with E-state index in [-0.39, 0.29) is 23.5 Å². The number of benzene rings is 3. The quantitative estimate of drug-likeness (QED) is 0.223. The van der Waals surface area contributed by atoms with Crippen molar-refractivity contribution in [3.63, 3.8) is 0 Å². The van der Waals surface area contributed by atoms with Crippen LogP contribution < -0.4 is 20.3 Å². The number of carbonyl (C=O) groups is 2. The SMILES string of the molecule is CCc1ccc2c(c1)[C@@H](NC[C@H](O)[C@H](Cc1ccccc1)NC(=O)c1cc(C3CCCC3)cc(N3CCCC3=O)c1)CC(C)(C)O2. The standard InChI is InChI=1S/C39H49N3O4/c1-4-26-16-17-36-32(19-26)34(24-39(2,3)46-36)40-25-35(43)33(20-27-11-6-5-7-12-27)41-38(45)30-21-29(28-13-8-9-14-28)22-31(23-30)42-18-10-15-37(42)44/h5-7,11-12,16-17,19,21-23,28,33-35,40,43H,4,8-10,13-15,18,20,24-25H2,1-3H3,(H,41,45)/t33-,34-,35-/m0/s1. The minimum Gasteiger partial charge on any atom is -0.487 e. The Morgan fingerprint density at radius 3 is 2.52 bits per heavy atom. The van der Waals surface area contributed by atoms with Gasteiger partial charge in [0, 0.05) is 48.8 Å². The maximum atomic E-state index is 14.0. The molecule has 2 heterocycles. The first-order valence-corrected chi connectivity index (χ1v) is 17.2. The number of anilines is 1. The van der Waals surface area contributed by atoms with E-state index in [1.807, 2.05) is 47.4 Å². The smallest absolute Gasteiger partial charge is 0.251 e. The van der Waals surface area contributed by atoms with Gasteiger partial charge in [-0.3, -0.25) is 9.59 Å². The van der Waals surface area contributed by atoms with E-state index in [4.69, 9.17) is 4.74 Å². The first-order valence-electron chi connectivity index (χ1n) is 17.2. The van der Waals surface area contributed by atoms with E-state index in [0.717, 1.165) is 60.2 Å². The van der Waals surface area contributed by atoms with Gasteiger partial charge in [-0.05, 0) is 92.8 Å². The van der Waals surface area contributed by atoms with Crippen molar-refractivity contribution in [2.75, 3.05) is 18.0 Å². The minimum absolute atomic E-state index is 0.0108. The molecule has 3 aromatic carbocycles. The summed E-state index contributed by atoms with van der Waals surface area (Å²) >= 11 is 0. The summed E-state index contributed by atoms with van der Waals surface area (Å²) in [6.45, 7) is 7.33. The van der Waals surface area contributed by atoms with E-state index in [9.17, 15) is 14.7 Å². The Balaban J connectivity index is 1.24. The Morgan fingerprint density at radius 1 is 1.02 bits per heavy atom. The first kappa shape index (κ1) is 32.3. The molecule has 7 nitrogen and oxygen atoms in total. The zero-order valence-electron chi connectivity index (χ0n) is 27.6. The van der Waals surface area contributed by atoms with Crippen LogP contribution in [0.5, 0.6) is 5.75 Å². The van der Waals surface area contributed by atoms with Crippen LogP contribution in [0.25, 0.3) is 0 Å². The molecule has 2 fully saturated rings. The van der Waals surface area contributed by atoms with Gasteiger partial charge < -0.3 is 25.4 Å². The van der Waals surface area contributed by atoms with E-state index in [1.54, 1.807) is 0 Å². The van der Waals surface area contributed by atoms with Crippen molar-refractivity contribution in [2.45, 2.75) is 108 Å². The van der Waals surface area contributed by atoms with Crippen LogP contribution in [0.3, 0.4) is 0 Å². The number of amides is 2. The molecule has 244 valence electrons. The van der Waals surface area contributed by atoms with Gasteiger partial charge in [-0.2, -0.15) is 0 Å². The number of aryl methyl sites for hydroxylation is 1. The molecule has 2 amide bonds. The molecule has 7 heteroatoms. The lowest BCUT2D eigenvalue weighted by Gasteiger charge is -2.39. The van der Waals surface area contributed by atoms with Gasteiger partial charge in [-0.1, -0.05) is 62.2 Å². The summed E-state index contributed by atoms with van der Waals surface area (Å²) < 4.78 is 6.30. The minimum atomic E-state index is -0.842. The van der Waals surface area contributed by atoms with Gasteiger partial charge in [0.05, 0.1) is 12.1 Å². The molecule has 1 saturated heterocycles. The van der Waals surface area contributed by atoms with E-state index in [2.05, 4.69) is 55.7 Å². The van der Waals surface area contributed by atoms with Crippen LogP contribution in [0, 0.1) is 0 Å². The summed E-state index contributed by atoms with van der Waals surface area (Å²) in [6, 6.07) is 21.8. The Hall–Kier alpha value is -3.68. The van der Waals surface area contributed by atoms with Crippen molar-refractivity contribution in [2.24, 2.45) is 0 Å². The fraction of sp³-hybridized carbons (Fsp3) is 0.487. The molecule has 0 aromatic heterocycles. The van der Waals surface area contributed by atoms with Crippen LogP contribution in [-0.2, 0) is 17.6 Å². The molecule has 46 heavy (non-hydrogen) atoms. The van der Waals surface area contributed by atoms with E-state index >= 15 is 0 Å². The highest BCUT2D eigenvalue weighted by molar-refractivity contribution is 5.99. The van der Waals surface area contributed by atoms with Crippen LogP contribution in [-0.4, -0.2) is 47.8 Å². The zero-order chi connectivity index (χ0) is 32.3. The van der Waals surface area contributed by atoms with Crippen molar-refractivity contribution in [1.29, 1.82) is 0 Å². The van der Waals surface area contributed by atoms with Gasteiger partial charge in [-0.15, -0.1) is 0 Å². The lowest BCUT2D eigenvalue weighted by molar-refractivity contribution is -0.117. The molecule has 3 aliphatic rings. The molecule has 0 radical (unpaired) electrons. The lowest BCUT2D eigenvalue weighted by Crippen LogP contribution is -2.50. The van der Waals surface area contributed by atoms with Crippen molar-refractivity contribution in [1.82, 2.24) is 10.6 Å². The second-order valence-corrected chi connectivity index (χ2v) is 14.0. The molecule has 6 rings (SSSR count). The molecule has 1 saturated carbocycles. The molecular formula is C39H49N3O4. The third-order valence-corrected chi connectivity index (χ3v) is 10.0. The Morgan fingerprint density at radius 2 is 1.80 bits per heavy atom. The van der Waals surface area contributed by atoms with E-state index < -0.39 is 12.1 Å². The molecule has 2 aliphatic heterocycles. The van der Waals surface area contributed by atoms with Crippen LogP contribution in [0.4, 0.5) is 5.69 Å². The van der Waals surface area contributed by atoms with Crippen LogP contribution in [0.2, 0.25) is 0 Å². The van der Waals surface area contributed by atoms with Crippen LogP contribution in [0.15, 0.2) is 66.7 Å². The number of aliphatic hydroxyl groups is 1. The molecule has 3 atom stereocenters. The van der Waals surface area contributed by atoms with Gasteiger partial charge >= 0.3 is 0 Å². The summed E-state index contributed by atoms with van der Waals surface area (Å²) in [7, 11) is 0. The van der Waals surface area contributed by atoms with Gasteiger partial charge in [-0.25, -0.2) is 0 Å². The number of hydrogen-bond acceptors (Lipinski definition) is 5. The number of nitrogens with one attached hydrogen (secondary N) is 2. The fourth-order valence-corrected chi connectivity index (χ4v) is 7.45. The number of ether oxygens (including phenoxy) is 1. The molecule has 0 bridgehead atoms. The topological polar surface area (TPSA) is 90.9 Å². The predicted octanol–water partition coefficient (Wildman–Crippen LogP) is 6.63. The third-order valence-electron chi connectivity index (χ3n) is 10.0. The Kier molecular flexibility index (Phi) is 9.81. The molecule has 0 spiro atoms. The average Bonchev–Trinajstić information content (AvgIpc) is 3.75. The first-order chi connectivity index (χ1) is 22.2. The van der Waals surface area contributed by atoms with Crippen molar-refractivity contribution in [3.8, 4) is 5.75 Å². The summed E-state index contributed by atoms with van der Waals surface area (Å²) in [4.78, 5) is 28.5. The summed E-state index contributed by atoms with van der Waals surface area (Å²) in [6.07, 6.45) is 7.31. The van der Waals surface area contributed by atoms with Gasteiger partial charge in [0.2, 0.25) is 5.91 Å². The summed E-state index contributed by atoms with van der Waals surface area (Å²) in [5.41, 5.74) is 5.55. The van der Waals surface area contributed by atoms with Gasteiger partial charge in [0.15, 0.2) is 0 Å². The number of nitrogens with zero attached hydrogens (tertiary/aromatic N) is 1. The van der Waals surface area contributed by atoms with E-state index in [0.29, 0.717) is 37.4 Å². The van der Waals surface area contributed by atoms with Crippen molar-refractivity contribution >= 4 is 17.5 Å². The summed E-state index contributed by atoms with van der Waals surface area (Å²) in [5.74, 6) is 1.17. The maximum Gasteiger partial charge on any atom is 0.251 e. The fourth-order valence-electron chi connectivity index (χ4n) is 7.45. The maximum absolute atomic E-state index is 14.0. The average molecular weight is 624 g/mol. The largest absolute Gasteiger partial charge is 0.487 e. The predicted molar refractivity (Wildman–Crippen MR) is 183 cm³/mol. The van der Waals surface area contributed by atoms with Crippen LogP contribution in [0.1, 0.15) is 110 Å². The Labute approximate surface area is 273 Å². The van der Waals surface area contributed by atoms with Crippen molar-refractivity contribution in [3.05, 3.63) is 94.5 Å². The van der Waals surface area contributed by atoms with Crippen LogP contribution >= 0.6 is 0 Å². The molecule has 0 unspecified atom stereocenters. The molecule has 3 N–H and O–H groups in total. The highest BCUT2D eigenvalue weighted by Crippen LogP contribution is 2.40. The molecule has 1 aliphatic carbocycles. The second-order valence-electron chi connectivity index (χ2n) is 14.0. The molecule has 3 aromatic rings. The zero-order valence-corrected chi connectivity index (χ0v) is 27.6. The number of fused-ring (bicyclic) bond motifs is 1. The lowest BCUT2D eigenvalue weighted by atomic mass is 9.88. The second kappa shape index (κ2) is 14.0. The highest BCUT2D eigenvalue weighted by Gasteiger charge is 2.35. The normalized spacial score (nSPS) is 20.7. The monoisotopic (exact) mass is 623 g/mol. The number of rotatable bonds is 11. The van der Waals surface area contributed by atoms with Crippen molar-refractivity contribution < 1.29 is 19.4 Å². The number of hydrogen-bond donors (Lipinski definition) is 3. The number of carbonyl (C=O) groups excluding carboxylic acids is 2.